The Morgan fingerprint density at radius 3 is 1.46 bits per heavy atom. The Labute approximate surface area is 503 Å². The zero-order valence-corrected chi connectivity index (χ0v) is 49.6. The molecule has 0 spiro atoms. The number of carbonyl (C=O) groups is 14. The molecule has 12 amide bonds. The van der Waals surface area contributed by atoms with Crippen molar-refractivity contribution in [3.63, 3.8) is 0 Å². The fraction of sp³-hybridized carbons (Fsp3) is 0.630. The molecule has 0 saturated heterocycles. The molecule has 23 N–H and O–H groups in total. The molecule has 488 valence electrons. The largest absolute Gasteiger partial charge is 0.481 e. The van der Waals surface area contributed by atoms with Gasteiger partial charge in [0.25, 0.3) is 0 Å². The number of carboxylic acids is 2. The van der Waals surface area contributed by atoms with Crippen molar-refractivity contribution in [3.05, 3.63) is 35.9 Å². The third-order valence-corrected chi connectivity index (χ3v) is 13.3. The number of aliphatic carboxylic acids is 2. The minimum Gasteiger partial charge on any atom is -0.481 e. The molecule has 0 fully saturated rings. The van der Waals surface area contributed by atoms with Crippen molar-refractivity contribution in [2.75, 3.05) is 39.3 Å². The second-order valence-corrected chi connectivity index (χ2v) is 21.0. The maximum atomic E-state index is 14.0. The number of amides is 12. The van der Waals surface area contributed by atoms with Gasteiger partial charge in [-0.15, -0.1) is 0 Å². The summed E-state index contributed by atoms with van der Waals surface area (Å²) in [7, 11) is 0. The molecular weight excluding hydrogens is 1150 g/mol. The number of hydrogen-bond donors (Lipinski definition) is 19. The van der Waals surface area contributed by atoms with Crippen molar-refractivity contribution in [2.24, 2.45) is 34.8 Å². The summed E-state index contributed by atoms with van der Waals surface area (Å²) in [6.45, 7) is 4.80. The first-order valence-electron chi connectivity index (χ1n) is 28.4. The SMILES string of the molecule is CC[C@H](C)[C@H](NC(=O)[C@H](CCC(=O)O)NC(=O)[C@@H](NC(=O)[C@H](CCCCN)NC(=O)[C@@H](NC(=O)CNC(=O)CNC(=O)CNC(=O)[C@H](Cc1ccccc1)NC(=O)[C@H](CO)NC(=O)[C@@H](N)CC(N)=O)[C@@H](C)O)C(C)C)C(=O)N[C@@H](CCCCN)C(=O)O. The van der Waals surface area contributed by atoms with E-state index in [1.165, 1.54) is 13.8 Å². The van der Waals surface area contributed by atoms with E-state index >= 15 is 0 Å². The zero-order valence-electron chi connectivity index (χ0n) is 49.6. The average Bonchev–Trinajstić information content (AvgIpc) is 3.65. The van der Waals surface area contributed by atoms with Crippen LogP contribution in [0.25, 0.3) is 0 Å². The van der Waals surface area contributed by atoms with E-state index in [0.29, 0.717) is 37.8 Å². The highest BCUT2D eigenvalue weighted by molar-refractivity contribution is 5.99. The van der Waals surface area contributed by atoms with Crippen LogP contribution in [0.1, 0.15) is 104 Å². The average molecular weight is 1240 g/mol. The summed E-state index contributed by atoms with van der Waals surface area (Å²) in [5, 5.41) is 65.6. The molecule has 0 radical (unpaired) electrons. The van der Waals surface area contributed by atoms with Crippen LogP contribution in [0.5, 0.6) is 0 Å². The van der Waals surface area contributed by atoms with E-state index in [-0.39, 0.29) is 32.2 Å². The van der Waals surface area contributed by atoms with Crippen molar-refractivity contribution >= 4 is 82.8 Å². The number of hydrogen-bond acceptors (Lipinski definition) is 19. The zero-order chi connectivity index (χ0) is 65.9. The van der Waals surface area contributed by atoms with Gasteiger partial charge in [-0.1, -0.05) is 64.4 Å². The van der Waals surface area contributed by atoms with Crippen molar-refractivity contribution in [1.29, 1.82) is 0 Å². The lowest BCUT2D eigenvalue weighted by Crippen LogP contribution is -2.61. The van der Waals surface area contributed by atoms with Crippen molar-refractivity contribution in [1.82, 2.24) is 58.5 Å². The second-order valence-electron chi connectivity index (χ2n) is 21.0. The van der Waals surface area contributed by atoms with Gasteiger partial charge in [0.15, 0.2) is 0 Å². The normalized spacial score (nSPS) is 14.8. The van der Waals surface area contributed by atoms with Crippen LogP contribution in [0.4, 0.5) is 0 Å². The van der Waals surface area contributed by atoms with Crippen LogP contribution in [-0.4, -0.2) is 203 Å². The maximum absolute atomic E-state index is 14.0. The van der Waals surface area contributed by atoms with Gasteiger partial charge in [0.2, 0.25) is 70.9 Å². The topological polar surface area (TPSA) is 556 Å². The lowest BCUT2D eigenvalue weighted by Gasteiger charge is -2.30. The Hall–Kier alpha value is -8.40. The first kappa shape index (κ1) is 76.6. The first-order chi connectivity index (χ1) is 41.0. The van der Waals surface area contributed by atoms with Crippen LogP contribution >= 0.6 is 0 Å². The van der Waals surface area contributed by atoms with Crippen LogP contribution in [0.3, 0.4) is 0 Å². The fourth-order valence-electron chi connectivity index (χ4n) is 8.09. The first-order valence-corrected chi connectivity index (χ1v) is 28.4. The van der Waals surface area contributed by atoms with E-state index in [1.807, 2.05) is 0 Å². The molecule has 0 aromatic heterocycles. The van der Waals surface area contributed by atoms with Gasteiger partial charge < -0.3 is 102 Å². The van der Waals surface area contributed by atoms with Crippen molar-refractivity contribution in [2.45, 2.75) is 166 Å². The van der Waals surface area contributed by atoms with Crippen LogP contribution in [0.15, 0.2) is 30.3 Å². The quantitative estimate of drug-likeness (QED) is 0.0270. The molecule has 87 heavy (non-hydrogen) atoms. The van der Waals surface area contributed by atoms with Gasteiger partial charge in [0.05, 0.1) is 44.8 Å². The molecule has 1 aromatic carbocycles. The van der Waals surface area contributed by atoms with Gasteiger partial charge in [-0.2, -0.15) is 0 Å². The summed E-state index contributed by atoms with van der Waals surface area (Å²) < 4.78 is 0. The molecule has 0 heterocycles. The maximum Gasteiger partial charge on any atom is 0.326 e. The third-order valence-electron chi connectivity index (χ3n) is 13.3. The highest BCUT2D eigenvalue weighted by Gasteiger charge is 2.37. The summed E-state index contributed by atoms with van der Waals surface area (Å²) in [5.74, 6) is -15.4. The monoisotopic (exact) mass is 1240 g/mol. The molecule has 33 nitrogen and oxygen atoms in total. The summed E-state index contributed by atoms with van der Waals surface area (Å²) in [4.78, 5) is 181. The number of benzene rings is 1. The summed E-state index contributed by atoms with van der Waals surface area (Å²) >= 11 is 0. The van der Waals surface area contributed by atoms with Gasteiger partial charge in [-0.25, -0.2) is 4.79 Å². The Morgan fingerprint density at radius 1 is 0.506 bits per heavy atom. The summed E-state index contributed by atoms with van der Waals surface area (Å²) in [5.41, 5.74) is 22.5. The molecule has 0 aliphatic rings. The van der Waals surface area contributed by atoms with E-state index in [1.54, 1.807) is 44.2 Å². The summed E-state index contributed by atoms with van der Waals surface area (Å²) in [6.07, 6.45) is -1.63. The molecule has 0 saturated carbocycles. The predicted octanol–water partition coefficient (Wildman–Crippen LogP) is -7.06. The van der Waals surface area contributed by atoms with Gasteiger partial charge >= 0.3 is 11.9 Å². The van der Waals surface area contributed by atoms with Gasteiger partial charge in [0.1, 0.15) is 48.3 Å². The van der Waals surface area contributed by atoms with E-state index in [0.717, 1.165) is 6.92 Å². The van der Waals surface area contributed by atoms with Crippen LogP contribution in [-0.2, 0) is 73.5 Å². The van der Waals surface area contributed by atoms with Gasteiger partial charge in [-0.05, 0) is 82.4 Å². The molecule has 11 atom stereocenters. The standard InChI is InChI=1S/C54H89N15O18/c1-6-29(4)44(52(84)64-35(54(86)87)17-11-13-21-56)69-49(81)34(18-19-42(76)77)63-51(83)43(28(2)3)68-48(80)33(16-10-12-20-55)62-53(85)45(30(5)71)67-41(75)26-60-39(73)24-59-40(74)25-61-47(79)36(22-31-14-8-7-9-15-31)65-50(82)37(27-70)66-46(78)32(57)23-38(58)72/h7-9,14-15,28-30,32-37,43-45,70-71H,6,10-13,16-27,55-57H2,1-5H3,(H2,58,72)(H,59,74)(H,60,73)(H,61,79)(H,62,85)(H,63,83)(H,64,84)(H,65,82)(H,66,78)(H,67,75)(H,68,80)(H,69,81)(H,76,77)(H,86,87)/t29-,30+,32-,33-,34-,35-,36-,37-,43-,44-,45-/m0/s1. The Morgan fingerprint density at radius 2 is 0.966 bits per heavy atom. The number of aliphatic hydroxyl groups excluding tert-OH is 2. The highest BCUT2D eigenvalue weighted by Crippen LogP contribution is 2.13. The number of nitrogens with two attached hydrogens (primary N) is 4. The Balaban J connectivity index is 3.10. The minimum atomic E-state index is -1.75. The molecule has 33 heteroatoms. The molecule has 0 aliphatic carbocycles. The lowest BCUT2D eigenvalue weighted by atomic mass is 9.96. The Kier molecular flexibility index (Phi) is 36.0. The van der Waals surface area contributed by atoms with Crippen molar-refractivity contribution in [3.8, 4) is 0 Å². The second kappa shape index (κ2) is 40.8. The number of aliphatic hydroxyl groups is 2. The van der Waals surface area contributed by atoms with Crippen LogP contribution < -0.4 is 81.4 Å². The highest BCUT2D eigenvalue weighted by atomic mass is 16.4. The van der Waals surface area contributed by atoms with Gasteiger partial charge in [0, 0.05) is 12.8 Å². The van der Waals surface area contributed by atoms with Gasteiger partial charge in [-0.3, -0.25) is 62.3 Å². The Bertz CT molecular complexity index is 2490. The summed E-state index contributed by atoms with van der Waals surface area (Å²) in [6, 6.07) is -5.04. The van der Waals surface area contributed by atoms with E-state index in [4.69, 9.17) is 22.9 Å². The molecule has 1 rings (SSSR count). The minimum absolute atomic E-state index is 0.0485. The smallest absolute Gasteiger partial charge is 0.326 e. The third kappa shape index (κ3) is 30.0. The van der Waals surface area contributed by atoms with Crippen LogP contribution in [0.2, 0.25) is 0 Å². The number of rotatable bonds is 43. The number of carboxylic acid groups (broad SMARTS) is 2. The van der Waals surface area contributed by atoms with Crippen LogP contribution in [0, 0.1) is 11.8 Å². The predicted molar refractivity (Wildman–Crippen MR) is 310 cm³/mol. The molecule has 0 bridgehead atoms. The lowest BCUT2D eigenvalue weighted by molar-refractivity contribution is -0.143. The molecule has 1 aromatic rings. The molecule has 0 unspecified atom stereocenters. The van der Waals surface area contributed by atoms with E-state index < -0.39 is 201 Å². The molecular formula is C54H89N15O18. The number of unbranched alkanes of at least 4 members (excludes halogenated alkanes) is 2. The number of nitrogens with one attached hydrogen (secondary N) is 11. The number of carbonyl (C=O) groups excluding carboxylic acids is 12. The van der Waals surface area contributed by atoms with E-state index in [9.17, 15) is 87.5 Å². The van der Waals surface area contributed by atoms with Crippen molar-refractivity contribution < 1.29 is 87.5 Å². The fourth-order valence-corrected chi connectivity index (χ4v) is 8.09. The van der Waals surface area contributed by atoms with E-state index in [2.05, 4.69) is 58.5 Å². The molecule has 0 aliphatic heterocycles. The number of primary amides is 1.